The Kier molecular flexibility index (Phi) is 6.55. The van der Waals surface area contributed by atoms with E-state index < -0.39 is 17.7 Å². The lowest BCUT2D eigenvalue weighted by Gasteiger charge is -2.07. The van der Waals surface area contributed by atoms with Crippen molar-refractivity contribution in [2.24, 2.45) is 0 Å². The number of carbonyl (C=O) groups excluding carboxylic acids is 2. The molecule has 0 saturated heterocycles. The Hall–Kier alpha value is -3.92. The van der Waals surface area contributed by atoms with Crippen LogP contribution >= 0.6 is 11.3 Å². The molecule has 10 heteroatoms. The van der Waals surface area contributed by atoms with E-state index in [1.54, 1.807) is 0 Å². The number of aryl methyl sites for hydroxylation is 1. The van der Waals surface area contributed by atoms with Crippen molar-refractivity contribution in [2.45, 2.75) is 26.4 Å². The van der Waals surface area contributed by atoms with E-state index in [4.69, 9.17) is 4.74 Å². The molecule has 0 fully saturated rings. The van der Waals surface area contributed by atoms with E-state index in [1.807, 2.05) is 6.92 Å². The van der Waals surface area contributed by atoms with E-state index in [2.05, 4.69) is 15.4 Å². The van der Waals surface area contributed by atoms with Crippen molar-refractivity contribution in [1.29, 1.82) is 0 Å². The van der Waals surface area contributed by atoms with E-state index >= 15 is 0 Å². The Morgan fingerprint density at radius 2 is 1.91 bits per heavy atom. The molecule has 168 valence electrons. The topological polar surface area (TPSA) is 103 Å². The zero-order chi connectivity index (χ0) is 23.4. The minimum atomic E-state index is -0.601. The second kappa shape index (κ2) is 9.70. The molecule has 0 saturated carbocycles. The standard InChI is InChI=1S/C23H19FN4O4S/c1-2-4-19-27-28-20(29)12-18(26-23(28)33-19)13-32-22(31)14-7-9-17(10-8-14)25-21(30)15-5-3-6-16(24)11-15/h3,5-12H,2,4,13H2,1H3,(H,25,30). The van der Waals surface area contributed by atoms with Crippen LogP contribution in [0.3, 0.4) is 0 Å². The molecule has 0 aliphatic rings. The van der Waals surface area contributed by atoms with Crippen LogP contribution in [0.15, 0.2) is 59.4 Å². The number of hydrogen-bond acceptors (Lipinski definition) is 7. The number of nitrogens with one attached hydrogen (secondary N) is 1. The molecule has 33 heavy (non-hydrogen) atoms. The lowest BCUT2D eigenvalue weighted by molar-refractivity contribution is 0.0467. The van der Waals surface area contributed by atoms with Gasteiger partial charge in [-0.2, -0.15) is 9.61 Å². The summed E-state index contributed by atoms with van der Waals surface area (Å²) in [4.78, 5) is 41.6. The molecule has 4 aromatic rings. The highest BCUT2D eigenvalue weighted by Gasteiger charge is 2.13. The highest BCUT2D eigenvalue weighted by Crippen LogP contribution is 2.15. The molecule has 0 atom stereocenters. The largest absolute Gasteiger partial charge is 0.456 e. The van der Waals surface area contributed by atoms with Crippen LogP contribution < -0.4 is 10.9 Å². The maximum absolute atomic E-state index is 13.3. The van der Waals surface area contributed by atoms with Gasteiger partial charge in [0, 0.05) is 23.7 Å². The smallest absolute Gasteiger partial charge is 0.338 e. The van der Waals surface area contributed by atoms with Gasteiger partial charge in [0.2, 0.25) is 4.96 Å². The van der Waals surface area contributed by atoms with Crippen molar-refractivity contribution in [2.75, 3.05) is 5.32 Å². The van der Waals surface area contributed by atoms with Gasteiger partial charge in [0.1, 0.15) is 17.4 Å². The summed E-state index contributed by atoms with van der Waals surface area (Å²) in [5, 5.41) is 7.70. The number of carbonyl (C=O) groups is 2. The number of esters is 1. The normalized spacial score (nSPS) is 10.8. The first-order valence-electron chi connectivity index (χ1n) is 10.2. The number of anilines is 1. The average Bonchev–Trinajstić information content (AvgIpc) is 3.21. The van der Waals surface area contributed by atoms with Crippen LogP contribution in [0, 0.1) is 5.82 Å². The van der Waals surface area contributed by atoms with Gasteiger partial charge in [0.15, 0.2) is 0 Å². The Labute approximate surface area is 191 Å². The van der Waals surface area contributed by atoms with Crippen molar-refractivity contribution in [3.05, 3.63) is 92.6 Å². The van der Waals surface area contributed by atoms with Crippen molar-refractivity contribution in [3.63, 3.8) is 0 Å². The molecule has 4 rings (SSSR count). The van der Waals surface area contributed by atoms with Gasteiger partial charge in [0.25, 0.3) is 11.5 Å². The van der Waals surface area contributed by atoms with Crippen LogP contribution in [0.5, 0.6) is 0 Å². The minimum Gasteiger partial charge on any atom is -0.456 e. The van der Waals surface area contributed by atoms with Crippen LogP contribution in [0.2, 0.25) is 0 Å². The summed E-state index contributed by atoms with van der Waals surface area (Å²) in [6, 6.07) is 12.7. The van der Waals surface area contributed by atoms with Gasteiger partial charge >= 0.3 is 5.97 Å². The highest BCUT2D eigenvalue weighted by atomic mass is 32.1. The number of nitrogens with zero attached hydrogens (tertiary/aromatic N) is 3. The van der Waals surface area contributed by atoms with Crippen LogP contribution in [-0.2, 0) is 17.8 Å². The van der Waals surface area contributed by atoms with Gasteiger partial charge in [-0.3, -0.25) is 9.59 Å². The molecular weight excluding hydrogens is 447 g/mol. The van der Waals surface area contributed by atoms with Gasteiger partial charge in [-0.15, -0.1) is 0 Å². The molecule has 0 radical (unpaired) electrons. The fraction of sp³-hybridized carbons (Fsp3) is 0.174. The molecule has 0 unspecified atom stereocenters. The molecule has 1 amide bonds. The number of amides is 1. The molecule has 0 aliphatic carbocycles. The first-order chi connectivity index (χ1) is 15.9. The Morgan fingerprint density at radius 1 is 1.12 bits per heavy atom. The van der Waals surface area contributed by atoms with Gasteiger partial charge in [0.05, 0.1) is 11.3 Å². The summed E-state index contributed by atoms with van der Waals surface area (Å²) >= 11 is 1.33. The third-order valence-electron chi connectivity index (χ3n) is 4.62. The molecule has 8 nitrogen and oxygen atoms in total. The molecule has 2 aromatic carbocycles. The van der Waals surface area contributed by atoms with E-state index in [9.17, 15) is 18.8 Å². The Morgan fingerprint density at radius 3 is 2.64 bits per heavy atom. The summed E-state index contributed by atoms with van der Waals surface area (Å²) < 4.78 is 19.8. The van der Waals surface area contributed by atoms with Crippen molar-refractivity contribution in [1.82, 2.24) is 14.6 Å². The van der Waals surface area contributed by atoms with E-state index in [1.165, 1.54) is 64.4 Å². The highest BCUT2D eigenvalue weighted by molar-refractivity contribution is 7.16. The number of aromatic nitrogens is 3. The van der Waals surface area contributed by atoms with Gasteiger partial charge in [-0.25, -0.2) is 14.2 Å². The van der Waals surface area contributed by atoms with E-state index in [0.29, 0.717) is 16.3 Å². The summed E-state index contributed by atoms with van der Waals surface area (Å²) in [6.07, 6.45) is 1.67. The zero-order valence-corrected chi connectivity index (χ0v) is 18.4. The lowest BCUT2D eigenvalue weighted by atomic mass is 10.2. The summed E-state index contributed by atoms with van der Waals surface area (Å²) in [5.41, 5.74) is 0.886. The van der Waals surface area contributed by atoms with E-state index in [0.717, 1.165) is 23.9 Å². The maximum atomic E-state index is 13.3. The third kappa shape index (κ3) is 5.29. The molecule has 0 spiro atoms. The van der Waals surface area contributed by atoms with Crippen LogP contribution in [0.25, 0.3) is 4.96 Å². The number of fused-ring (bicyclic) bond motifs is 1. The molecule has 0 aliphatic heterocycles. The predicted molar refractivity (Wildman–Crippen MR) is 121 cm³/mol. The van der Waals surface area contributed by atoms with Gasteiger partial charge in [-0.05, 0) is 48.9 Å². The lowest BCUT2D eigenvalue weighted by Crippen LogP contribution is -2.16. The first-order valence-corrected chi connectivity index (χ1v) is 11.0. The zero-order valence-electron chi connectivity index (χ0n) is 17.6. The number of rotatable bonds is 7. The number of halogens is 1. The fourth-order valence-electron chi connectivity index (χ4n) is 3.03. The van der Waals surface area contributed by atoms with Gasteiger partial charge < -0.3 is 10.1 Å². The number of ether oxygens (including phenoxy) is 1. The quantitative estimate of drug-likeness (QED) is 0.415. The summed E-state index contributed by atoms with van der Waals surface area (Å²) in [7, 11) is 0. The van der Waals surface area contributed by atoms with Crippen molar-refractivity contribution in [3.8, 4) is 0 Å². The molecule has 2 heterocycles. The number of benzene rings is 2. The second-order valence-electron chi connectivity index (χ2n) is 7.14. The van der Waals surface area contributed by atoms with Crippen molar-refractivity contribution >= 4 is 33.9 Å². The fourth-order valence-corrected chi connectivity index (χ4v) is 4.05. The van der Waals surface area contributed by atoms with Crippen LogP contribution in [-0.4, -0.2) is 26.5 Å². The number of hydrogen-bond donors (Lipinski definition) is 1. The summed E-state index contributed by atoms with van der Waals surface area (Å²) in [6.45, 7) is 1.86. The maximum Gasteiger partial charge on any atom is 0.338 e. The average molecular weight is 466 g/mol. The SMILES string of the molecule is CCCc1nn2c(=O)cc(COC(=O)c3ccc(NC(=O)c4cccc(F)c4)cc3)nc2s1. The molecular formula is C23H19FN4O4S. The molecule has 2 aromatic heterocycles. The van der Waals surface area contributed by atoms with Crippen LogP contribution in [0.4, 0.5) is 10.1 Å². The summed E-state index contributed by atoms with van der Waals surface area (Å²) in [5.74, 6) is -1.58. The third-order valence-corrected chi connectivity index (χ3v) is 5.59. The van der Waals surface area contributed by atoms with Gasteiger partial charge in [-0.1, -0.05) is 24.3 Å². The molecule has 1 N–H and O–H groups in total. The first kappa shape index (κ1) is 22.3. The van der Waals surface area contributed by atoms with E-state index in [-0.39, 0.29) is 23.3 Å². The Balaban J connectivity index is 1.38. The van der Waals surface area contributed by atoms with Crippen molar-refractivity contribution < 1.29 is 18.7 Å². The van der Waals surface area contributed by atoms with Crippen LogP contribution in [0.1, 0.15) is 44.8 Å². The monoisotopic (exact) mass is 466 g/mol. The minimum absolute atomic E-state index is 0.163. The Bertz CT molecular complexity index is 1380. The second-order valence-corrected chi connectivity index (χ2v) is 8.18. The molecule has 0 bridgehead atoms. The predicted octanol–water partition coefficient (Wildman–Crippen LogP) is 3.85.